The molecule has 0 saturated carbocycles. The van der Waals surface area contributed by atoms with Gasteiger partial charge in [-0.1, -0.05) is 12.1 Å². The highest BCUT2D eigenvalue weighted by Gasteiger charge is 2.43. The van der Waals surface area contributed by atoms with Gasteiger partial charge in [-0.2, -0.15) is 0 Å². The van der Waals surface area contributed by atoms with Crippen molar-refractivity contribution in [3.8, 4) is 11.5 Å². The van der Waals surface area contributed by atoms with E-state index < -0.39 is 5.41 Å². The minimum absolute atomic E-state index is 0.132. The number of ether oxygens (including phenoxy) is 3. The third-order valence-electron chi connectivity index (χ3n) is 3.77. The van der Waals surface area contributed by atoms with E-state index in [2.05, 4.69) is 6.58 Å². The second-order valence-corrected chi connectivity index (χ2v) is 5.03. The third-order valence-corrected chi connectivity index (χ3v) is 3.77. The highest BCUT2D eigenvalue weighted by molar-refractivity contribution is 5.79. The summed E-state index contributed by atoms with van der Waals surface area (Å²) >= 11 is 0. The number of carbonyl (C=O) groups is 1. The molecule has 0 aromatic heterocycles. The fourth-order valence-corrected chi connectivity index (χ4v) is 2.67. The molecule has 1 unspecified atom stereocenters. The molecule has 0 radical (unpaired) electrons. The summed E-state index contributed by atoms with van der Waals surface area (Å²) in [7, 11) is 3.20. The van der Waals surface area contributed by atoms with Gasteiger partial charge in [-0.05, 0) is 37.0 Å². The van der Waals surface area contributed by atoms with Crippen LogP contribution in [0.5, 0.6) is 11.5 Å². The van der Waals surface area contributed by atoms with E-state index in [0.717, 1.165) is 12.0 Å². The van der Waals surface area contributed by atoms with Crippen molar-refractivity contribution in [3.63, 3.8) is 0 Å². The Balaban J connectivity index is 2.27. The minimum Gasteiger partial charge on any atom is -0.493 e. The molecule has 20 heavy (non-hydrogen) atoms. The van der Waals surface area contributed by atoms with Crippen molar-refractivity contribution in [2.45, 2.75) is 19.3 Å². The summed E-state index contributed by atoms with van der Waals surface area (Å²) < 4.78 is 15.7. The molecule has 1 fully saturated rings. The van der Waals surface area contributed by atoms with Crippen LogP contribution >= 0.6 is 0 Å². The number of hydrogen-bond donors (Lipinski definition) is 0. The molecule has 2 rings (SSSR count). The molecule has 108 valence electrons. The Hall–Kier alpha value is -1.97. The number of cyclic esters (lactones) is 1. The summed E-state index contributed by atoms with van der Waals surface area (Å²) in [6.45, 7) is 4.24. The summed E-state index contributed by atoms with van der Waals surface area (Å²) in [6.07, 6.45) is 3.76. The number of allylic oxidation sites excluding steroid dienone is 1. The standard InChI is InChI=1S/C16H20O4/c1-4-7-16(8-9-20-15(16)17)11-12-5-6-13(18-2)14(10-12)19-3/h4-6,10H,1,7-9,11H2,2-3H3. The minimum atomic E-state index is -0.485. The molecule has 1 atom stereocenters. The zero-order valence-electron chi connectivity index (χ0n) is 12.0. The maximum absolute atomic E-state index is 12.0. The van der Waals surface area contributed by atoms with Crippen molar-refractivity contribution in [1.29, 1.82) is 0 Å². The van der Waals surface area contributed by atoms with Crippen LogP contribution in [0.2, 0.25) is 0 Å². The van der Waals surface area contributed by atoms with E-state index in [1.165, 1.54) is 0 Å². The van der Waals surface area contributed by atoms with Crippen LogP contribution in [0.25, 0.3) is 0 Å². The molecule has 0 amide bonds. The molecule has 0 N–H and O–H groups in total. The van der Waals surface area contributed by atoms with Crippen molar-refractivity contribution >= 4 is 5.97 Å². The maximum atomic E-state index is 12.0. The lowest BCUT2D eigenvalue weighted by Gasteiger charge is -2.23. The van der Waals surface area contributed by atoms with E-state index in [9.17, 15) is 4.79 Å². The number of esters is 1. The summed E-state index contributed by atoms with van der Waals surface area (Å²) in [5.74, 6) is 1.22. The van der Waals surface area contributed by atoms with Gasteiger partial charge in [-0.3, -0.25) is 4.79 Å². The van der Waals surface area contributed by atoms with Gasteiger partial charge in [-0.25, -0.2) is 0 Å². The number of rotatable bonds is 6. The molecular formula is C16H20O4. The Morgan fingerprint density at radius 3 is 2.65 bits per heavy atom. The van der Waals surface area contributed by atoms with Gasteiger partial charge in [0.25, 0.3) is 0 Å². The number of benzene rings is 1. The topological polar surface area (TPSA) is 44.8 Å². The van der Waals surface area contributed by atoms with Crippen molar-refractivity contribution in [2.24, 2.45) is 5.41 Å². The van der Waals surface area contributed by atoms with Gasteiger partial charge in [0.05, 0.1) is 26.2 Å². The van der Waals surface area contributed by atoms with Gasteiger partial charge in [-0.15, -0.1) is 6.58 Å². The van der Waals surface area contributed by atoms with E-state index in [1.54, 1.807) is 20.3 Å². The normalized spacial score (nSPS) is 21.4. The SMILES string of the molecule is C=CCC1(Cc2ccc(OC)c(OC)c2)CCOC1=O. The lowest BCUT2D eigenvalue weighted by Crippen LogP contribution is -2.28. The largest absolute Gasteiger partial charge is 0.493 e. The Bertz CT molecular complexity index is 509. The molecule has 1 aromatic carbocycles. The average Bonchev–Trinajstić information content (AvgIpc) is 2.80. The van der Waals surface area contributed by atoms with Crippen LogP contribution in [0.15, 0.2) is 30.9 Å². The second kappa shape index (κ2) is 5.99. The molecule has 0 bridgehead atoms. The van der Waals surface area contributed by atoms with Gasteiger partial charge in [0.15, 0.2) is 11.5 Å². The first kappa shape index (κ1) is 14.4. The third kappa shape index (κ3) is 2.64. The van der Waals surface area contributed by atoms with Gasteiger partial charge >= 0.3 is 5.97 Å². The van der Waals surface area contributed by atoms with Gasteiger partial charge in [0.1, 0.15) is 0 Å². The quantitative estimate of drug-likeness (QED) is 0.592. The van der Waals surface area contributed by atoms with Crippen molar-refractivity contribution in [2.75, 3.05) is 20.8 Å². The molecule has 4 nitrogen and oxygen atoms in total. The van der Waals surface area contributed by atoms with Crippen LogP contribution in [-0.2, 0) is 16.0 Å². The zero-order chi connectivity index (χ0) is 14.6. The highest BCUT2D eigenvalue weighted by atomic mass is 16.5. The Labute approximate surface area is 119 Å². The van der Waals surface area contributed by atoms with Crippen LogP contribution in [0.1, 0.15) is 18.4 Å². The molecule has 4 heteroatoms. The molecule has 1 heterocycles. The fourth-order valence-electron chi connectivity index (χ4n) is 2.67. The first-order valence-electron chi connectivity index (χ1n) is 6.64. The number of hydrogen-bond acceptors (Lipinski definition) is 4. The van der Waals surface area contributed by atoms with Crippen LogP contribution < -0.4 is 9.47 Å². The average molecular weight is 276 g/mol. The van der Waals surface area contributed by atoms with Crippen LogP contribution in [-0.4, -0.2) is 26.8 Å². The molecule has 1 aliphatic heterocycles. The second-order valence-electron chi connectivity index (χ2n) is 5.03. The first-order valence-corrected chi connectivity index (χ1v) is 6.64. The molecule has 1 aliphatic rings. The van der Waals surface area contributed by atoms with Crippen molar-refractivity contribution in [1.82, 2.24) is 0 Å². The zero-order valence-corrected chi connectivity index (χ0v) is 12.0. The van der Waals surface area contributed by atoms with Crippen molar-refractivity contribution < 1.29 is 19.0 Å². The van der Waals surface area contributed by atoms with E-state index in [4.69, 9.17) is 14.2 Å². The molecule has 1 saturated heterocycles. The van der Waals surface area contributed by atoms with E-state index in [1.807, 2.05) is 18.2 Å². The van der Waals surface area contributed by atoms with E-state index in [-0.39, 0.29) is 5.97 Å². The molecular weight excluding hydrogens is 256 g/mol. The summed E-state index contributed by atoms with van der Waals surface area (Å²) in [5, 5.41) is 0. The Morgan fingerprint density at radius 2 is 2.10 bits per heavy atom. The van der Waals surface area contributed by atoms with Crippen LogP contribution in [0, 0.1) is 5.41 Å². The molecule has 0 spiro atoms. The summed E-state index contributed by atoms with van der Waals surface area (Å²) in [5.41, 5.74) is 0.546. The van der Waals surface area contributed by atoms with Gasteiger partial charge in [0.2, 0.25) is 0 Å². The van der Waals surface area contributed by atoms with Crippen molar-refractivity contribution in [3.05, 3.63) is 36.4 Å². The first-order chi connectivity index (χ1) is 9.65. The maximum Gasteiger partial charge on any atom is 0.312 e. The lowest BCUT2D eigenvalue weighted by molar-refractivity contribution is -0.146. The van der Waals surface area contributed by atoms with Gasteiger partial charge in [0, 0.05) is 0 Å². The predicted octanol–water partition coefficient (Wildman–Crippen LogP) is 2.76. The molecule has 0 aliphatic carbocycles. The highest BCUT2D eigenvalue weighted by Crippen LogP contribution is 2.39. The van der Waals surface area contributed by atoms with Crippen LogP contribution in [0.4, 0.5) is 0 Å². The molecule has 1 aromatic rings. The lowest BCUT2D eigenvalue weighted by atomic mass is 9.77. The summed E-state index contributed by atoms with van der Waals surface area (Å²) in [6, 6.07) is 5.73. The summed E-state index contributed by atoms with van der Waals surface area (Å²) in [4.78, 5) is 12.0. The Kier molecular flexibility index (Phi) is 4.32. The van der Waals surface area contributed by atoms with E-state index in [0.29, 0.717) is 30.9 Å². The van der Waals surface area contributed by atoms with Crippen LogP contribution in [0.3, 0.4) is 0 Å². The predicted molar refractivity (Wildman–Crippen MR) is 76.1 cm³/mol. The Morgan fingerprint density at radius 1 is 1.35 bits per heavy atom. The smallest absolute Gasteiger partial charge is 0.312 e. The number of carbonyl (C=O) groups excluding carboxylic acids is 1. The van der Waals surface area contributed by atoms with Gasteiger partial charge < -0.3 is 14.2 Å². The van der Waals surface area contributed by atoms with E-state index >= 15 is 0 Å². The number of methoxy groups -OCH3 is 2. The fraction of sp³-hybridized carbons (Fsp3) is 0.438. The monoisotopic (exact) mass is 276 g/mol.